The lowest BCUT2D eigenvalue weighted by molar-refractivity contribution is 0.422. The maximum absolute atomic E-state index is 4.78. The van der Waals surface area contributed by atoms with E-state index in [1.54, 1.807) is 11.3 Å². The minimum absolute atomic E-state index is 0.436. The summed E-state index contributed by atoms with van der Waals surface area (Å²) in [5.74, 6) is 1.66. The lowest BCUT2D eigenvalue weighted by Gasteiger charge is -2.18. The van der Waals surface area contributed by atoms with Crippen LogP contribution in [-0.2, 0) is 0 Å². The number of hydrogen-bond acceptors (Lipinski definition) is 5. The van der Waals surface area contributed by atoms with Crippen molar-refractivity contribution in [2.24, 2.45) is 0 Å². The monoisotopic (exact) mass is 277 g/mol. The molecule has 3 heterocycles. The molecule has 2 aliphatic rings. The average molecular weight is 277 g/mol. The van der Waals surface area contributed by atoms with Crippen LogP contribution in [0, 0.1) is 0 Å². The van der Waals surface area contributed by atoms with Crippen molar-refractivity contribution >= 4 is 16.3 Å². The number of nitrogens with zero attached hydrogens (tertiary/aromatic N) is 4. The van der Waals surface area contributed by atoms with E-state index in [4.69, 9.17) is 5.10 Å². The first-order valence-electron chi connectivity index (χ1n) is 7.37. The first-order chi connectivity index (χ1) is 9.42. The fourth-order valence-electron chi connectivity index (χ4n) is 3.30. The van der Waals surface area contributed by atoms with E-state index in [-0.39, 0.29) is 0 Å². The largest absolute Gasteiger partial charge is 0.308 e. The van der Waals surface area contributed by atoms with Crippen molar-refractivity contribution in [1.82, 2.24) is 25.1 Å². The normalized spacial score (nSPS) is 25.4. The van der Waals surface area contributed by atoms with Gasteiger partial charge in [-0.3, -0.25) is 0 Å². The van der Waals surface area contributed by atoms with Crippen LogP contribution < -0.4 is 5.32 Å². The minimum Gasteiger partial charge on any atom is -0.308 e. The molecule has 1 N–H and O–H groups in total. The smallest absolute Gasteiger partial charge is 0.234 e. The minimum atomic E-state index is 0.436. The molecule has 1 unspecified atom stereocenters. The van der Waals surface area contributed by atoms with E-state index in [1.165, 1.54) is 50.0 Å². The third-order valence-corrected chi connectivity index (χ3v) is 5.37. The molecule has 1 aliphatic carbocycles. The zero-order valence-electron chi connectivity index (χ0n) is 11.0. The molecule has 19 heavy (non-hydrogen) atoms. The van der Waals surface area contributed by atoms with Crippen LogP contribution in [0.15, 0.2) is 0 Å². The van der Waals surface area contributed by atoms with Gasteiger partial charge in [0.25, 0.3) is 0 Å². The topological polar surface area (TPSA) is 55.1 Å². The Morgan fingerprint density at radius 2 is 1.95 bits per heavy atom. The predicted molar refractivity (Wildman–Crippen MR) is 74.5 cm³/mol. The van der Waals surface area contributed by atoms with Gasteiger partial charge in [-0.05, 0) is 32.2 Å². The van der Waals surface area contributed by atoms with Gasteiger partial charge in [0.1, 0.15) is 5.01 Å². The molecule has 2 aromatic rings. The maximum Gasteiger partial charge on any atom is 0.234 e. The van der Waals surface area contributed by atoms with Crippen LogP contribution in [0.2, 0.25) is 0 Å². The molecule has 1 atom stereocenters. The number of hydrogen-bond donors (Lipinski definition) is 1. The molecule has 0 aromatic carbocycles. The second kappa shape index (κ2) is 4.83. The summed E-state index contributed by atoms with van der Waals surface area (Å²) in [6.07, 6.45) is 8.95. The predicted octanol–water partition coefficient (Wildman–Crippen LogP) is 2.66. The lowest BCUT2D eigenvalue weighted by atomic mass is 9.89. The Hall–Kier alpha value is -1.01. The molecule has 2 fully saturated rings. The van der Waals surface area contributed by atoms with E-state index in [0.717, 1.165) is 17.3 Å². The van der Waals surface area contributed by atoms with E-state index in [0.29, 0.717) is 12.0 Å². The van der Waals surface area contributed by atoms with Crippen LogP contribution in [0.1, 0.15) is 67.7 Å². The van der Waals surface area contributed by atoms with E-state index >= 15 is 0 Å². The van der Waals surface area contributed by atoms with Gasteiger partial charge < -0.3 is 5.32 Å². The third-order valence-electron chi connectivity index (χ3n) is 4.36. The van der Waals surface area contributed by atoms with Crippen LogP contribution >= 0.6 is 11.3 Å². The Kier molecular flexibility index (Phi) is 3.00. The Bertz CT molecular complexity index is 563. The van der Waals surface area contributed by atoms with E-state index in [2.05, 4.69) is 15.5 Å². The van der Waals surface area contributed by atoms with Crippen molar-refractivity contribution in [3.8, 4) is 0 Å². The summed E-state index contributed by atoms with van der Waals surface area (Å²) < 4.78 is 2.01. The maximum atomic E-state index is 4.78. The van der Waals surface area contributed by atoms with Crippen molar-refractivity contribution < 1.29 is 0 Å². The van der Waals surface area contributed by atoms with Gasteiger partial charge >= 0.3 is 0 Å². The van der Waals surface area contributed by atoms with E-state index in [9.17, 15) is 0 Å². The molecule has 1 saturated heterocycles. The van der Waals surface area contributed by atoms with Crippen LogP contribution in [0.3, 0.4) is 0 Å². The number of fused-ring (bicyclic) bond motifs is 1. The summed E-state index contributed by atoms with van der Waals surface area (Å²) in [5, 5.41) is 18.2. The first-order valence-corrected chi connectivity index (χ1v) is 8.19. The summed E-state index contributed by atoms with van der Waals surface area (Å²) >= 11 is 1.70. The van der Waals surface area contributed by atoms with Crippen molar-refractivity contribution in [2.45, 2.75) is 56.9 Å². The Morgan fingerprint density at radius 1 is 1.05 bits per heavy atom. The Balaban J connectivity index is 1.67. The van der Waals surface area contributed by atoms with Crippen LogP contribution in [0.25, 0.3) is 4.96 Å². The van der Waals surface area contributed by atoms with Crippen molar-refractivity contribution in [3.63, 3.8) is 0 Å². The molecule has 102 valence electrons. The standard InChI is InChI=1S/C13H19N5S/c1-2-5-9(6-3-1)11-15-16-13-18(11)17-12(19-13)10-7-4-8-14-10/h9-10,14H,1-8H2. The van der Waals surface area contributed by atoms with Gasteiger partial charge in [-0.15, -0.1) is 10.2 Å². The lowest BCUT2D eigenvalue weighted by Crippen LogP contribution is -2.14. The molecular weight excluding hydrogens is 258 g/mol. The van der Waals surface area contributed by atoms with Gasteiger partial charge in [0.15, 0.2) is 5.82 Å². The zero-order chi connectivity index (χ0) is 12.7. The molecular formula is C13H19N5S. The van der Waals surface area contributed by atoms with Gasteiger partial charge in [-0.2, -0.15) is 9.61 Å². The summed E-state index contributed by atoms with van der Waals surface area (Å²) in [5.41, 5.74) is 0. The highest BCUT2D eigenvalue weighted by molar-refractivity contribution is 7.16. The van der Waals surface area contributed by atoms with Crippen molar-refractivity contribution in [3.05, 3.63) is 10.8 Å². The molecule has 4 rings (SSSR count). The molecule has 1 saturated carbocycles. The van der Waals surface area contributed by atoms with Gasteiger partial charge in [-0.1, -0.05) is 30.6 Å². The van der Waals surface area contributed by atoms with E-state index in [1.807, 2.05) is 4.52 Å². The number of aromatic nitrogens is 4. The molecule has 0 amide bonds. The molecule has 6 heteroatoms. The zero-order valence-corrected chi connectivity index (χ0v) is 11.8. The molecule has 0 radical (unpaired) electrons. The third kappa shape index (κ3) is 2.07. The molecule has 1 aliphatic heterocycles. The highest BCUT2D eigenvalue weighted by atomic mass is 32.1. The van der Waals surface area contributed by atoms with Crippen molar-refractivity contribution in [2.75, 3.05) is 6.54 Å². The summed E-state index contributed by atoms with van der Waals surface area (Å²) in [6, 6.07) is 0.436. The second-order valence-corrected chi connectivity index (χ2v) is 6.66. The van der Waals surface area contributed by atoms with Crippen LogP contribution in [0.5, 0.6) is 0 Å². The molecule has 2 aromatic heterocycles. The fourth-order valence-corrected chi connectivity index (χ4v) is 4.25. The summed E-state index contributed by atoms with van der Waals surface area (Å²) in [4.78, 5) is 0.962. The highest BCUT2D eigenvalue weighted by Crippen LogP contribution is 2.33. The SMILES string of the molecule is C1CCC(c2nnc3sc(C4CCCN4)nn23)CC1. The fraction of sp³-hybridized carbons (Fsp3) is 0.769. The van der Waals surface area contributed by atoms with Gasteiger partial charge in [0.2, 0.25) is 4.96 Å². The van der Waals surface area contributed by atoms with Gasteiger partial charge in [-0.25, -0.2) is 0 Å². The van der Waals surface area contributed by atoms with E-state index < -0.39 is 0 Å². The van der Waals surface area contributed by atoms with Crippen LogP contribution in [-0.4, -0.2) is 26.4 Å². The number of nitrogens with one attached hydrogen (secondary N) is 1. The van der Waals surface area contributed by atoms with Crippen LogP contribution in [0.4, 0.5) is 0 Å². The average Bonchev–Trinajstić information content (AvgIpc) is 3.15. The first kappa shape index (κ1) is 11.8. The summed E-state index contributed by atoms with van der Waals surface area (Å²) in [6.45, 7) is 1.11. The Labute approximate surface area is 116 Å². The number of rotatable bonds is 2. The molecule has 5 nitrogen and oxygen atoms in total. The molecule has 0 bridgehead atoms. The second-order valence-electron chi connectivity index (χ2n) is 5.68. The molecule has 0 spiro atoms. The Morgan fingerprint density at radius 3 is 2.74 bits per heavy atom. The quantitative estimate of drug-likeness (QED) is 0.917. The van der Waals surface area contributed by atoms with Gasteiger partial charge in [0.05, 0.1) is 6.04 Å². The summed E-state index contributed by atoms with van der Waals surface area (Å²) in [7, 11) is 0. The van der Waals surface area contributed by atoms with Crippen molar-refractivity contribution in [1.29, 1.82) is 0 Å². The van der Waals surface area contributed by atoms with Gasteiger partial charge in [0, 0.05) is 5.92 Å². The highest BCUT2D eigenvalue weighted by Gasteiger charge is 2.25.